The van der Waals surface area contributed by atoms with E-state index in [0.29, 0.717) is 12.0 Å². The number of fused-ring (bicyclic) bond motifs is 2. The van der Waals surface area contributed by atoms with Gasteiger partial charge in [-0.25, -0.2) is 0 Å². The Morgan fingerprint density at radius 1 is 1.17 bits per heavy atom. The molecule has 4 unspecified atom stereocenters. The Kier molecular flexibility index (Phi) is 2.47. The van der Waals surface area contributed by atoms with Crippen LogP contribution in [0.5, 0.6) is 0 Å². The maximum absolute atomic E-state index is 6.62. The summed E-state index contributed by atoms with van der Waals surface area (Å²) in [5.74, 6) is 3.28. The van der Waals surface area contributed by atoms with E-state index in [1.807, 2.05) is 6.20 Å². The Morgan fingerprint density at radius 2 is 2.00 bits per heavy atom. The first kappa shape index (κ1) is 11.0. The van der Waals surface area contributed by atoms with Gasteiger partial charge >= 0.3 is 0 Å². The topological polar surface area (TPSA) is 38.9 Å². The van der Waals surface area contributed by atoms with E-state index in [0.717, 1.165) is 17.8 Å². The summed E-state index contributed by atoms with van der Waals surface area (Å²) in [5.41, 5.74) is 9.39. The molecule has 0 spiro atoms. The van der Waals surface area contributed by atoms with Crippen LogP contribution in [0.25, 0.3) is 0 Å². The van der Waals surface area contributed by atoms with E-state index in [-0.39, 0.29) is 0 Å². The summed E-state index contributed by atoms with van der Waals surface area (Å²) < 4.78 is 0. The minimum absolute atomic E-state index is 0.370. The Hall–Kier alpha value is -0.890. The summed E-state index contributed by atoms with van der Waals surface area (Å²) in [6.07, 6.45) is 10.00. The molecule has 3 aliphatic rings. The Balaban J connectivity index is 1.59. The zero-order valence-corrected chi connectivity index (χ0v) is 10.9. The van der Waals surface area contributed by atoms with Crippen LogP contribution in [0.15, 0.2) is 18.3 Å². The zero-order valence-electron chi connectivity index (χ0n) is 10.9. The molecule has 1 aromatic heterocycles. The Morgan fingerprint density at radius 3 is 2.83 bits per heavy atom. The average molecular weight is 242 g/mol. The van der Waals surface area contributed by atoms with Gasteiger partial charge in [0.05, 0.1) is 0 Å². The summed E-state index contributed by atoms with van der Waals surface area (Å²) in [7, 11) is 0. The van der Waals surface area contributed by atoms with Gasteiger partial charge in [0, 0.05) is 23.9 Å². The van der Waals surface area contributed by atoms with Gasteiger partial charge in [0.1, 0.15) is 0 Å². The molecule has 0 aromatic carbocycles. The lowest BCUT2D eigenvalue weighted by atomic mass is 9.79. The quantitative estimate of drug-likeness (QED) is 0.866. The summed E-state index contributed by atoms with van der Waals surface area (Å²) in [6, 6.07) is 4.68. The number of nitrogens with two attached hydrogens (primary N) is 1. The summed E-state index contributed by atoms with van der Waals surface area (Å²) in [5, 5.41) is 0. The van der Waals surface area contributed by atoms with Crippen LogP contribution in [-0.4, -0.2) is 11.0 Å². The third kappa shape index (κ3) is 1.55. The van der Waals surface area contributed by atoms with Crippen molar-refractivity contribution < 1.29 is 0 Å². The molecule has 2 nitrogen and oxygen atoms in total. The second-order valence-corrected chi connectivity index (χ2v) is 6.46. The molecule has 18 heavy (non-hydrogen) atoms. The lowest BCUT2D eigenvalue weighted by Crippen LogP contribution is -2.35. The van der Waals surface area contributed by atoms with Crippen LogP contribution in [0.2, 0.25) is 0 Å². The number of hydrogen-bond donors (Lipinski definition) is 1. The van der Waals surface area contributed by atoms with Gasteiger partial charge < -0.3 is 5.73 Å². The Bertz CT molecular complexity index is 446. The molecule has 2 fully saturated rings. The molecular weight excluding hydrogens is 220 g/mol. The van der Waals surface area contributed by atoms with Crippen LogP contribution in [0, 0.1) is 17.8 Å². The molecule has 0 saturated heterocycles. The van der Waals surface area contributed by atoms with Gasteiger partial charge in [-0.3, -0.25) is 4.98 Å². The minimum Gasteiger partial charge on any atom is -0.327 e. The summed E-state index contributed by atoms with van der Waals surface area (Å²) in [4.78, 5) is 4.65. The van der Waals surface area contributed by atoms with E-state index in [4.69, 9.17) is 5.73 Å². The molecule has 0 amide bonds. The predicted octanol–water partition coefficient (Wildman–Crippen LogP) is 2.87. The highest BCUT2D eigenvalue weighted by Gasteiger charge is 2.56. The van der Waals surface area contributed by atoms with Crippen molar-refractivity contribution in [3.05, 3.63) is 29.6 Å². The van der Waals surface area contributed by atoms with E-state index < -0.39 is 0 Å². The molecule has 4 rings (SSSR count). The van der Waals surface area contributed by atoms with Gasteiger partial charge in [-0.15, -0.1) is 0 Å². The molecule has 0 bridgehead atoms. The highest BCUT2D eigenvalue weighted by Crippen LogP contribution is 2.60. The fourth-order valence-electron chi connectivity index (χ4n) is 4.74. The van der Waals surface area contributed by atoms with Crippen molar-refractivity contribution in [2.45, 2.75) is 50.5 Å². The maximum Gasteiger partial charge on any atom is 0.0481 e. The first-order valence-corrected chi connectivity index (χ1v) is 7.55. The van der Waals surface area contributed by atoms with Crippen LogP contribution < -0.4 is 5.73 Å². The van der Waals surface area contributed by atoms with Gasteiger partial charge in [-0.1, -0.05) is 12.5 Å². The molecule has 0 aliphatic heterocycles. The number of aromatic nitrogens is 1. The van der Waals surface area contributed by atoms with E-state index in [9.17, 15) is 0 Å². The van der Waals surface area contributed by atoms with Crippen molar-refractivity contribution in [2.24, 2.45) is 23.5 Å². The van der Waals surface area contributed by atoms with Crippen molar-refractivity contribution in [2.75, 3.05) is 0 Å². The first-order chi connectivity index (χ1) is 8.86. The second kappa shape index (κ2) is 4.06. The van der Waals surface area contributed by atoms with Crippen LogP contribution >= 0.6 is 0 Å². The van der Waals surface area contributed by atoms with Crippen LogP contribution in [0.4, 0.5) is 0 Å². The van der Waals surface area contributed by atoms with Crippen LogP contribution in [0.3, 0.4) is 0 Å². The van der Waals surface area contributed by atoms with E-state index in [2.05, 4.69) is 17.1 Å². The number of hydrogen-bond acceptors (Lipinski definition) is 2. The molecular formula is C16H22N2. The highest BCUT2D eigenvalue weighted by atomic mass is 14.8. The van der Waals surface area contributed by atoms with Crippen LogP contribution in [-0.2, 0) is 6.42 Å². The largest absolute Gasteiger partial charge is 0.327 e. The predicted molar refractivity (Wildman–Crippen MR) is 72.2 cm³/mol. The van der Waals surface area contributed by atoms with Gasteiger partial charge in [0.15, 0.2) is 0 Å². The zero-order chi connectivity index (χ0) is 12.1. The lowest BCUT2D eigenvalue weighted by Gasteiger charge is -2.30. The van der Waals surface area contributed by atoms with Gasteiger partial charge in [0.25, 0.3) is 0 Å². The second-order valence-electron chi connectivity index (χ2n) is 6.46. The number of aryl methyl sites for hydroxylation is 1. The maximum atomic E-state index is 6.62. The van der Waals surface area contributed by atoms with Crippen molar-refractivity contribution in [1.82, 2.24) is 4.98 Å². The summed E-state index contributed by atoms with van der Waals surface area (Å²) >= 11 is 0. The molecule has 2 saturated carbocycles. The van der Waals surface area contributed by atoms with Gasteiger partial charge in [-0.2, -0.15) is 0 Å². The molecule has 1 heterocycles. The molecule has 1 aromatic rings. The van der Waals surface area contributed by atoms with E-state index in [1.54, 1.807) is 0 Å². The van der Waals surface area contributed by atoms with Crippen molar-refractivity contribution in [1.29, 1.82) is 0 Å². The van der Waals surface area contributed by atoms with Crippen molar-refractivity contribution in [3.63, 3.8) is 0 Å². The molecule has 96 valence electrons. The highest BCUT2D eigenvalue weighted by molar-refractivity contribution is 5.28. The SMILES string of the molecule is NC(C1CCCc2cccnc21)C1C2CCCC21. The third-order valence-corrected chi connectivity index (χ3v) is 5.62. The monoisotopic (exact) mass is 242 g/mol. The minimum atomic E-state index is 0.370. The van der Waals surface area contributed by atoms with Gasteiger partial charge in [0.2, 0.25) is 0 Å². The lowest BCUT2D eigenvalue weighted by molar-refractivity contribution is 0.380. The normalized spacial score (nSPS) is 38.9. The standard InChI is InChI=1S/C16H22N2/c17-15(14-11-6-2-7-12(11)14)13-8-1-4-10-5-3-9-18-16(10)13/h3,5,9,11-15H,1-2,4,6-8,17H2. The number of pyridine rings is 1. The fraction of sp³-hybridized carbons (Fsp3) is 0.688. The number of nitrogens with zero attached hydrogens (tertiary/aromatic N) is 1. The number of rotatable bonds is 2. The Labute approximate surface area is 109 Å². The van der Waals surface area contributed by atoms with E-state index in [1.165, 1.54) is 49.8 Å². The van der Waals surface area contributed by atoms with Crippen LogP contribution in [0.1, 0.15) is 49.3 Å². The molecule has 3 aliphatic carbocycles. The first-order valence-electron chi connectivity index (χ1n) is 7.55. The molecule has 2 N–H and O–H groups in total. The average Bonchev–Trinajstić information content (AvgIpc) is 2.90. The third-order valence-electron chi connectivity index (χ3n) is 5.62. The van der Waals surface area contributed by atoms with E-state index >= 15 is 0 Å². The summed E-state index contributed by atoms with van der Waals surface area (Å²) in [6.45, 7) is 0. The molecule has 2 heteroatoms. The molecule has 0 radical (unpaired) electrons. The van der Waals surface area contributed by atoms with Gasteiger partial charge in [-0.05, 0) is 61.5 Å². The van der Waals surface area contributed by atoms with Crippen molar-refractivity contribution in [3.8, 4) is 0 Å². The molecule has 4 atom stereocenters. The smallest absolute Gasteiger partial charge is 0.0481 e. The fourth-order valence-corrected chi connectivity index (χ4v) is 4.74. The van der Waals surface area contributed by atoms with Crippen molar-refractivity contribution >= 4 is 0 Å².